The second-order valence-corrected chi connectivity index (χ2v) is 4.95. The van der Waals surface area contributed by atoms with Crippen LogP contribution in [-0.4, -0.2) is 9.97 Å². The summed E-state index contributed by atoms with van der Waals surface area (Å²) in [6.45, 7) is 2.20. The molecule has 0 N–H and O–H groups in total. The van der Waals surface area contributed by atoms with Gasteiger partial charge >= 0.3 is 0 Å². The average molecular weight is 278 g/mol. The average Bonchev–Trinajstić information content (AvgIpc) is 2.55. The van der Waals surface area contributed by atoms with Crippen molar-refractivity contribution >= 4 is 6.08 Å². The molecule has 2 aromatic rings. The molecule has 108 valence electrons. The SMILES string of the molecule is CCC/C=C/CC/C=C/c1ccc(-c2ccncc2)nc1. The van der Waals surface area contributed by atoms with E-state index in [2.05, 4.69) is 53.3 Å². The quantitative estimate of drug-likeness (QED) is 0.508. The first-order valence-corrected chi connectivity index (χ1v) is 7.58. The number of allylic oxidation sites excluding steroid dienone is 3. The Bertz CT molecular complexity index is 568. The van der Waals surface area contributed by atoms with E-state index < -0.39 is 0 Å². The molecule has 2 heterocycles. The summed E-state index contributed by atoms with van der Waals surface area (Å²) in [5, 5.41) is 0. The summed E-state index contributed by atoms with van der Waals surface area (Å²) in [7, 11) is 0. The minimum Gasteiger partial charge on any atom is -0.265 e. The largest absolute Gasteiger partial charge is 0.265 e. The molecule has 2 nitrogen and oxygen atoms in total. The Hall–Kier alpha value is -2.22. The van der Waals surface area contributed by atoms with E-state index in [1.807, 2.05) is 18.3 Å². The van der Waals surface area contributed by atoms with Gasteiger partial charge < -0.3 is 0 Å². The number of rotatable bonds is 7. The fourth-order valence-corrected chi connectivity index (χ4v) is 2.01. The summed E-state index contributed by atoms with van der Waals surface area (Å²) >= 11 is 0. The molecule has 2 rings (SSSR count). The highest BCUT2D eigenvalue weighted by Crippen LogP contribution is 2.16. The molecular formula is C19H22N2. The van der Waals surface area contributed by atoms with E-state index in [-0.39, 0.29) is 0 Å². The molecule has 0 atom stereocenters. The van der Waals surface area contributed by atoms with Crippen LogP contribution in [0.1, 0.15) is 38.2 Å². The van der Waals surface area contributed by atoms with E-state index in [1.54, 1.807) is 12.4 Å². The van der Waals surface area contributed by atoms with Crippen molar-refractivity contribution in [1.29, 1.82) is 0 Å². The highest BCUT2D eigenvalue weighted by atomic mass is 14.7. The summed E-state index contributed by atoms with van der Waals surface area (Å²) < 4.78 is 0. The fourth-order valence-electron chi connectivity index (χ4n) is 2.01. The van der Waals surface area contributed by atoms with E-state index in [9.17, 15) is 0 Å². The molecule has 0 bridgehead atoms. The molecule has 0 aromatic carbocycles. The van der Waals surface area contributed by atoms with Gasteiger partial charge in [-0.05, 0) is 43.0 Å². The van der Waals surface area contributed by atoms with Crippen LogP contribution in [0.25, 0.3) is 17.3 Å². The normalized spacial score (nSPS) is 11.5. The topological polar surface area (TPSA) is 25.8 Å². The van der Waals surface area contributed by atoms with Crippen molar-refractivity contribution in [3.8, 4) is 11.3 Å². The molecule has 0 saturated heterocycles. The number of unbranched alkanes of at least 4 members (excludes halogenated alkanes) is 2. The lowest BCUT2D eigenvalue weighted by Gasteiger charge is -2.00. The molecule has 0 spiro atoms. The van der Waals surface area contributed by atoms with Crippen LogP contribution in [0.15, 0.2) is 61.1 Å². The van der Waals surface area contributed by atoms with Gasteiger partial charge in [0.25, 0.3) is 0 Å². The molecule has 0 amide bonds. The van der Waals surface area contributed by atoms with Gasteiger partial charge in [0, 0.05) is 24.2 Å². The third-order valence-corrected chi connectivity index (χ3v) is 3.19. The predicted molar refractivity (Wildman–Crippen MR) is 89.8 cm³/mol. The van der Waals surface area contributed by atoms with Crippen molar-refractivity contribution in [2.24, 2.45) is 0 Å². The first kappa shape index (κ1) is 15.2. The number of aromatic nitrogens is 2. The molecular weight excluding hydrogens is 256 g/mol. The second-order valence-electron chi connectivity index (χ2n) is 4.95. The molecule has 0 radical (unpaired) electrons. The predicted octanol–water partition coefficient (Wildman–Crippen LogP) is 5.29. The maximum atomic E-state index is 4.50. The lowest BCUT2D eigenvalue weighted by Crippen LogP contribution is -1.84. The Morgan fingerprint density at radius 3 is 2.38 bits per heavy atom. The van der Waals surface area contributed by atoms with E-state index >= 15 is 0 Å². The molecule has 0 aliphatic rings. The van der Waals surface area contributed by atoms with Crippen LogP contribution in [0, 0.1) is 0 Å². The van der Waals surface area contributed by atoms with Crippen LogP contribution in [0.5, 0.6) is 0 Å². The lowest BCUT2D eigenvalue weighted by atomic mass is 10.1. The zero-order valence-corrected chi connectivity index (χ0v) is 12.6. The van der Waals surface area contributed by atoms with Crippen LogP contribution in [0.4, 0.5) is 0 Å². The fraction of sp³-hybridized carbons (Fsp3) is 0.263. The van der Waals surface area contributed by atoms with Crippen LogP contribution >= 0.6 is 0 Å². The first-order chi connectivity index (χ1) is 10.4. The van der Waals surface area contributed by atoms with E-state index in [0.717, 1.165) is 29.7 Å². The second kappa shape index (κ2) is 8.85. The number of hydrogen-bond acceptors (Lipinski definition) is 2. The van der Waals surface area contributed by atoms with Crippen molar-refractivity contribution in [2.45, 2.75) is 32.6 Å². The minimum absolute atomic E-state index is 0.983. The van der Waals surface area contributed by atoms with E-state index in [1.165, 1.54) is 12.8 Å². The summed E-state index contributed by atoms with van der Waals surface area (Å²) in [5.74, 6) is 0. The lowest BCUT2D eigenvalue weighted by molar-refractivity contribution is 0.944. The summed E-state index contributed by atoms with van der Waals surface area (Å²) in [5.41, 5.74) is 3.23. The van der Waals surface area contributed by atoms with E-state index in [4.69, 9.17) is 0 Å². The summed E-state index contributed by atoms with van der Waals surface area (Å²) in [4.78, 5) is 8.52. The molecule has 2 heteroatoms. The zero-order valence-electron chi connectivity index (χ0n) is 12.6. The van der Waals surface area contributed by atoms with Gasteiger partial charge in [-0.25, -0.2) is 0 Å². The number of nitrogens with zero attached hydrogens (tertiary/aromatic N) is 2. The molecule has 0 aliphatic carbocycles. The standard InChI is InChI=1S/C19H22N2/c1-2-3-4-5-6-7-8-9-17-10-11-19(21-16-17)18-12-14-20-15-13-18/h4-5,8-16H,2-3,6-7H2,1H3/b5-4+,9-8+. The van der Waals surface area contributed by atoms with Crippen LogP contribution in [-0.2, 0) is 0 Å². The van der Waals surface area contributed by atoms with Gasteiger partial charge in [-0.2, -0.15) is 0 Å². The van der Waals surface area contributed by atoms with Gasteiger partial charge in [-0.1, -0.05) is 43.7 Å². The zero-order chi connectivity index (χ0) is 14.8. The highest BCUT2D eigenvalue weighted by Gasteiger charge is 1.97. The molecule has 0 saturated carbocycles. The number of pyridine rings is 2. The number of hydrogen-bond donors (Lipinski definition) is 0. The van der Waals surface area contributed by atoms with Crippen molar-refractivity contribution in [3.05, 3.63) is 66.6 Å². The van der Waals surface area contributed by atoms with Crippen LogP contribution < -0.4 is 0 Å². The van der Waals surface area contributed by atoms with Crippen molar-refractivity contribution in [1.82, 2.24) is 9.97 Å². The van der Waals surface area contributed by atoms with Crippen molar-refractivity contribution in [3.63, 3.8) is 0 Å². The first-order valence-electron chi connectivity index (χ1n) is 7.58. The van der Waals surface area contributed by atoms with E-state index in [0.29, 0.717) is 0 Å². The van der Waals surface area contributed by atoms with Gasteiger partial charge in [-0.3, -0.25) is 9.97 Å². The summed E-state index contributed by atoms with van der Waals surface area (Å²) in [6, 6.07) is 8.10. The Kier molecular flexibility index (Phi) is 6.40. The van der Waals surface area contributed by atoms with Gasteiger partial charge in [0.2, 0.25) is 0 Å². The van der Waals surface area contributed by atoms with Gasteiger partial charge in [0.1, 0.15) is 0 Å². The maximum absolute atomic E-state index is 4.50. The van der Waals surface area contributed by atoms with Crippen molar-refractivity contribution in [2.75, 3.05) is 0 Å². The van der Waals surface area contributed by atoms with Crippen molar-refractivity contribution < 1.29 is 0 Å². The Labute approximate surface area is 127 Å². The van der Waals surface area contributed by atoms with Gasteiger partial charge in [-0.15, -0.1) is 0 Å². The third-order valence-electron chi connectivity index (χ3n) is 3.19. The monoisotopic (exact) mass is 278 g/mol. The Morgan fingerprint density at radius 2 is 1.67 bits per heavy atom. The third kappa shape index (κ3) is 5.35. The molecule has 0 aliphatic heterocycles. The smallest absolute Gasteiger partial charge is 0.0703 e. The molecule has 0 fully saturated rings. The molecule has 2 aromatic heterocycles. The minimum atomic E-state index is 0.983. The summed E-state index contributed by atoms with van der Waals surface area (Å²) in [6.07, 6.45) is 19.0. The van der Waals surface area contributed by atoms with Crippen LogP contribution in [0.2, 0.25) is 0 Å². The molecule has 0 unspecified atom stereocenters. The highest BCUT2D eigenvalue weighted by molar-refractivity contribution is 5.60. The maximum Gasteiger partial charge on any atom is 0.0703 e. The Balaban J connectivity index is 1.85. The molecule has 21 heavy (non-hydrogen) atoms. The van der Waals surface area contributed by atoms with Crippen LogP contribution in [0.3, 0.4) is 0 Å². The van der Waals surface area contributed by atoms with Gasteiger partial charge in [0.15, 0.2) is 0 Å². The Morgan fingerprint density at radius 1 is 0.905 bits per heavy atom. The van der Waals surface area contributed by atoms with Gasteiger partial charge in [0.05, 0.1) is 5.69 Å².